The van der Waals surface area contributed by atoms with E-state index in [1.54, 1.807) is 0 Å². The zero-order chi connectivity index (χ0) is 12.0. The SMILES string of the molecule is CN(C1CCNC1)C1CC(C)(C)OC1(C)C. The molecule has 2 heterocycles. The van der Waals surface area contributed by atoms with Crippen molar-refractivity contribution in [2.45, 2.75) is 63.8 Å². The number of nitrogens with one attached hydrogen (secondary N) is 1. The molecule has 0 aromatic heterocycles. The second-order valence-corrected chi connectivity index (χ2v) is 6.50. The number of likely N-dealkylation sites (N-methyl/N-ethyl adjacent to an activating group) is 1. The molecular weight excluding hydrogens is 200 g/mol. The van der Waals surface area contributed by atoms with E-state index < -0.39 is 0 Å². The summed E-state index contributed by atoms with van der Waals surface area (Å²) < 4.78 is 6.17. The number of hydrogen-bond acceptors (Lipinski definition) is 3. The Labute approximate surface area is 99.5 Å². The third kappa shape index (κ3) is 2.27. The molecule has 0 amide bonds. The fourth-order valence-corrected chi connectivity index (χ4v) is 3.41. The van der Waals surface area contributed by atoms with Crippen LogP contribution in [0.25, 0.3) is 0 Å². The van der Waals surface area contributed by atoms with Gasteiger partial charge in [0.05, 0.1) is 11.2 Å². The topological polar surface area (TPSA) is 24.5 Å². The molecule has 2 aliphatic heterocycles. The normalized spacial score (nSPS) is 37.1. The molecule has 3 nitrogen and oxygen atoms in total. The smallest absolute Gasteiger partial charge is 0.0789 e. The van der Waals surface area contributed by atoms with Gasteiger partial charge in [0.25, 0.3) is 0 Å². The summed E-state index contributed by atoms with van der Waals surface area (Å²) in [5, 5.41) is 3.44. The van der Waals surface area contributed by atoms with Crippen LogP contribution in [0.2, 0.25) is 0 Å². The molecule has 16 heavy (non-hydrogen) atoms. The Morgan fingerprint density at radius 1 is 1.25 bits per heavy atom. The molecule has 2 rings (SSSR count). The molecule has 0 bridgehead atoms. The summed E-state index contributed by atoms with van der Waals surface area (Å²) in [7, 11) is 2.26. The fourth-order valence-electron chi connectivity index (χ4n) is 3.41. The number of hydrogen-bond donors (Lipinski definition) is 1. The highest BCUT2D eigenvalue weighted by Gasteiger charge is 2.48. The molecule has 0 aromatic carbocycles. The van der Waals surface area contributed by atoms with Crippen molar-refractivity contribution >= 4 is 0 Å². The van der Waals surface area contributed by atoms with Crippen LogP contribution in [-0.4, -0.2) is 48.3 Å². The van der Waals surface area contributed by atoms with Gasteiger partial charge in [0, 0.05) is 18.6 Å². The molecule has 2 saturated heterocycles. The van der Waals surface area contributed by atoms with Gasteiger partial charge in [-0.1, -0.05) is 0 Å². The average molecular weight is 226 g/mol. The van der Waals surface area contributed by atoms with E-state index in [1.807, 2.05) is 0 Å². The summed E-state index contributed by atoms with van der Waals surface area (Å²) in [5.74, 6) is 0. The molecule has 2 unspecified atom stereocenters. The van der Waals surface area contributed by atoms with Crippen LogP contribution >= 0.6 is 0 Å². The lowest BCUT2D eigenvalue weighted by Crippen LogP contribution is -2.49. The zero-order valence-corrected chi connectivity index (χ0v) is 11.3. The molecule has 3 heteroatoms. The van der Waals surface area contributed by atoms with Gasteiger partial charge in [-0.05, 0) is 54.1 Å². The van der Waals surface area contributed by atoms with E-state index in [-0.39, 0.29) is 11.2 Å². The summed E-state index contributed by atoms with van der Waals surface area (Å²) in [6.45, 7) is 11.2. The molecule has 2 aliphatic rings. The second-order valence-electron chi connectivity index (χ2n) is 6.50. The predicted molar refractivity (Wildman–Crippen MR) is 66.7 cm³/mol. The van der Waals surface area contributed by atoms with Crippen LogP contribution in [0, 0.1) is 0 Å². The van der Waals surface area contributed by atoms with Crippen molar-refractivity contribution in [1.29, 1.82) is 0 Å². The molecule has 0 aliphatic carbocycles. The van der Waals surface area contributed by atoms with Gasteiger partial charge in [-0.3, -0.25) is 4.90 Å². The van der Waals surface area contributed by atoms with E-state index in [0.29, 0.717) is 12.1 Å². The summed E-state index contributed by atoms with van der Waals surface area (Å²) in [4.78, 5) is 2.54. The van der Waals surface area contributed by atoms with Crippen molar-refractivity contribution in [3.63, 3.8) is 0 Å². The lowest BCUT2D eigenvalue weighted by molar-refractivity contribution is -0.0810. The van der Waals surface area contributed by atoms with E-state index >= 15 is 0 Å². The largest absolute Gasteiger partial charge is 0.368 e. The maximum atomic E-state index is 6.17. The van der Waals surface area contributed by atoms with Crippen molar-refractivity contribution in [2.75, 3.05) is 20.1 Å². The highest BCUT2D eigenvalue weighted by molar-refractivity contribution is 5.01. The van der Waals surface area contributed by atoms with Gasteiger partial charge in [0.1, 0.15) is 0 Å². The van der Waals surface area contributed by atoms with E-state index in [2.05, 4.69) is 45.0 Å². The van der Waals surface area contributed by atoms with Crippen LogP contribution in [0.1, 0.15) is 40.5 Å². The molecule has 0 aromatic rings. The molecule has 2 atom stereocenters. The van der Waals surface area contributed by atoms with E-state index in [1.165, 1.54) is 6.42 Å². The molecule has 0 spiro atoms. The first-order valence-corrected chi connectivity index (χ1v) is 6.45. The third-order valence-electron chi connectivity index (χ3n) is 4.13. The van der Waals surface area contributed by atoms with Crippen LogP contribution in [0.4, 0.5) is 0 Å². The maximum absolute atomic E-state index is 6.17. The molecular formula is C13H26N2O. The van der Waals surface area contributed by atoms with E-state index in [0.717, 1.165) is 19.5 Å². The summed E-state index contributed by atoms with van der Waals surface area (Å²) in [6, 6.07) is 1.22. The predicted octanol–water partition coefficient (Wildman–Crippen LogP) is 1.63. The van der Waals surface area contributed by atoms with Crippen molar-refractivity contribution in [3.8, 4) is 0 Å². The van der Waals surface area contributed by atoms with Crippen LogP contribution in [0.15, 0.2) is 0 Å². The summed E-state index contributed by atoms with van der Waals surface area (Å²) in [5.41, 5.74) is -0.00466. The van der Waals surface area contributed by atoms with Gasteiger partial charge in [-0.25, -0.2) is 0 Å². The second kappa shape index (κ2) is 3.97. The Morgan fingerprint density at radius 3 is 2.38 bits per heavy atom. The van der Waals surface area contributed by atoms with Crippen molar-refractivity contribution in [1.82, 2.24) is 10.2 Å². The van der Waals surface area contributed by atoms with E-state index in [4.69, 9.17) is 4.74 Å². The molecule has 2 fully saturated rings. The Hall–Kier alpha value is -0.120. The highest BCUT2D eigenvalue weighted by Crippen LogP contribution is 2.40. The summed E-state index contributed by atoms with van der Waals surface area (Å²) >= 11 is 0. The fraction of sp³-hybridized carbons (Fsp3) is 1.00. The van der Waals surface area contributed by atoms with Gasteiger partial charge >= 0.3 is 0 Å². The first kappa shape index (κ1) is 12.3. The van der Waals surface area contributed by atoms with Crippen LogP contribution in [0.5, 0.6) is 0 Å². The first-order chi connectivity index (χ1) is 7.32. The molecule has 0 saturated carbocycles. The van der Waals surface area contributed by atoms with E-state index in [9.17, 15) is 0 Å². The maximum Gasteiger partial charge on any atom is 0.0789 e. The Kier molecular flexibility index (Phi) is 3.06. The monoisotopic (exact) mass is 226 g/mol. The zero-order valence-electron chi connectivity index (χ0n) is 11.3. The van der Waals surface area contributed by atoms with Gasteiger partial charge in [0.15, 0.2) is 0 Å². The third-order valence-corrected chi connectivity index (χ3v) is 4.13. The standard InChI is InChI=1S/C13H26N2O/c1-12(2)8-11(13(3,4)16-12)15(5)10-6-7-14-9-10/h10-11,14H,6-9H2,1-5H3. The van der Waals surface area contributed by atoms with Gasteiger partial charge in [0.2, 0.25) is 0 Å². The number of ether oxygens (including phenoxy) is 1. The average Bonchev–Trinajstić information content (AvgIpc) is 2.69. The van der Waals surface area contributed by atoms with Crippen molar-refractivity contribution in [2.24, 2.45) is 0 Å². The highest BCUT2D eigenvalue weighted by atomic mass is 16.5. The lowest BCUT2D eigenvalue weighted by atomic mass is 9.92. The first-order valence-electron chi connectivity index (χ1n) is 6.45. The molecule has 1 N–H and O–H groups in total. The minimum Gasteiger partial charge on any atom is -0.368 e. The van der Waals surface area contributed by atoms with Crippen molar-refractivity contribution in [3.05, 3.63) is 0 Å². The number of rotatable bonds is 2. The quantitative estimate of drug-likeness (QED) is 0.774. The van der Waals surface area contributed by atoms with Crippen LogP contribution in [-0.2, 0) is 4.74 Å². The van der Waals surface area contributed by atoms with Gasteiger partial charge < -0.3 is 10.1 Å². The van der Waals surface area contributed by atoms with Gasteiger partial charge in [-0.15, -0.1) is 0 Å². The molecule has 94 valence electrons. The van der Waals surface area contributed by atoms with Gasteiger partial charge in [-0.2, -0.15) is 0 Å². The van der Waals surface area contributed by atoms with Crippen LogP contribution in [0.3, 0.4) is 0 Å². The van der Waals surface area contributed by atoms with Crippen molar-refractivity contribution < 1.29 is 4.74 Å². The molecule has 0 radical (unpaired) electrons. The minimum atomic E-state index is -0.0269. The Balaban J connectivity index is 2.08. The number of nitrogens with zero attached hydrogens (tertiary/aromatic N) is 1. The lowest BCUT2D eigenvalue weighted by Gasteiger charge is -2.37. The minimum absolute atomic E-state index is 0.0223. The summed E-state index contributed by atoms with van der Waals surface area (Å²) in [6.07, 6.45) is 2.40. The van der Waals surface area contributed by atoms with Crippen LogP contribution < -0.4 is 5.32 Å². The Bertz CT molecular complexity index is 257. The Morgan fingerprint density at radius 2 is 1.94 bits per heavy atom.